The van der Waals surface area contributed by atoms with Gasteiger partial charge in [0.1, 0.15) is 12.9 Å². The van der Waals surface area contributed by atoms with E-state index in [0.29, 0.717) is 40.1 Å². The number of ether oxygens (including phenoxy) is 2. The molecule has 3 nitrogen and oxygen atoms in total. The third kappa shape index (κ3) is 4.27. The molecule has 2 rings (SSSR count). The van der Waals surface area contributed by atoms with E-state index in [4.69, 9.17) is 32.7 Å². The van der Waals surface area contributed by atoms with Gasteiger partial charge in [0.15, 0.2) is 11.5 Å². The van der Waals surface area contributed by atoms with Gasteiger partial charge in [0.25, 0.3) is 0 Å². The molecule has 0 bridgehead atoms. The minimum Gasteiger partial charge on any atom is -0.493 e. The maximum Gasteiger partial charge on any atom is 0.165 e. The Labute approximate surface area is 145 Å². The minimum absolute atomic E-state index is 0.303. The second-order valence-electron chi connectivity index (χ2n) is 4.86. The summed E-state index contributed by atoms with van der Waals surface area (Å²) < 4.78 is 11.2. The van der Waals surface area contributed by atoms with Gasteiger partial charge in [-0.15, -0.1) is 6.58 Å². The van der Waals surface area contributed by atoms with E-state index in [1.165, 1.54) is 7.11 Å². The Hall–Kier alpha value is -1.97. The average Bonchev–Trinajstić information content (AvgIpc) is 2.56. The number of hydrogen-bond donors (Lipinski definition) is 0. The lowest BCUT2D eigenvalue weighted by Crippen LogP contribution is -2.02. The Morgan fingerprint density at radius 2 is 1.96 bits per heavy atom. The molecule has 0 atom stereocenters. The van der Waals surface area contributed by atoms with Crippen LogP contribution in [0, 0.1) is 0 Å². The van der Waals surface area contributed by atoms with Gasteiger partial charge in [-0.25, -0.2) is 0 Å². The standard InChI is InChI=1S/C18H16Cl2O3/c1-3-4-14-7-13(10-21)9-17(22-2)18(14)23-11-12-5-6-15(19)16(20)8-12/h3,5-10H,1,4,11H2,2H3. The summed E-state index contributed by atoms with van der Waals surface area (Å²) in [5.41, 5.74) is 2.24. The summed E-state index contributed by atoms with van der Waals surface area (Å²) in [5, 5.41) is 0.970. The molecular formula is C18H16Cl2O3. The van der Waals surface area contributed by atoms with E-state index in [1.54, 1.807) is 30.3 Å². The molecule has 0 unspecified atom stereocenters. The topological polar surface area (TPSA) is 35.5 Å². The second-order valence-corrected chi connectivity index (χ2v) is 5.67. The molecule has 0 N–H and O–H groups in total. The molecule has 0 saturated heterocycles. The molecule has 0 fully saturated rings. The molecule has 0 aliphatic rings. The normalized spacial score (nSPS) is 10.2. The number of hydrogen-bond acceptors (Lipinski definition) is 3. The van der Waals surface area contributed by atoms with E-state index in [1.807, 2.05) is 6.07 Å². The molecule has 0 spiro atoms. The highest BCUT2D eigenvalue weighted by atomic mass is 35.5. The van der Waals surface area contributed by atoms with E-state index in [2.05, 4.69) is 6.58 Å². The quantitative estimate of drug-likeness (QED) is 0.513. The van der Waals surface area contributed by atoms with Crippen molar-refractivity contribution in [3.05, 3.63) is 69.7 Å². The fourth-order valence-corrected chi connectivity index (χ4v) is 2.48. The van der Waals surface area contributed by atoms with Crippen LogP contribution < -0.4 is 9.47 Å². The molecule has 5 heteroatoms. The van der Waals surface area contributed by atoms with Crippen molar-refractivity contribution in [1.82, 2.24) is 0 Å². The largest absolute Gasteiger partial charge is 0.493 e. The van der Waals surface area contributed by atoms with E-state index in [-0.39, 0.29) is 0 Å². The lowest BCUT2D eigenvalue weighted by molar-refractivity contribution is 0.112. The first-order valence-electron chi connectivity index (χ1n) is 6.92. The third-order valence-corrected chi connectivity index (χ3v) is 3.98. The molecular weight excluding hydrogens is 335 g/mol. The van der Waals surface area contributed by atoms with E-state index < -0.39 is 0 Å². The molecule has 0 heterocycles. The van der Waals surface area contributed by atoms with Gasteiger partial charge in [0.2, 0.25) is 0 Å². The van der Waals surface area contributed by atoms with Crippen molar-refractivity contribution in [3.63, 3.8) is 0 Å². The Morgan fingerprint density at radius 1 is 1.17 bits per heavy atom. The van der Waals surface area contributed by atoms with Crippen molar-refractivity contribution in [2.75, 3.05) is 7.11 Å². The zero-order valence-electron chi connectivity index (χ0n) is 12.6. The van der Waals surface area contributed by atoms with Gasteiger partial charge < -0.3 is 9.47 Å². The second kappa shape index (κ2) is 8.04. The van der Waals surface area contributed by atoms with Gasteiger partial charge in [-0.1, -0.05) is 35.3 Å². The lowest BCUT2D eigenvalue weighted by Gasteiger charge is -2.15. The van der Waals surface area contributed by atoms with Gasteiger partial charge in [-0.05, 0) is 36.2 Å². The van der Waals surface area contributed by atoms with Crippen LogP contribution in [0.3, 0.4) is 0 Å². The zero-order valence-corrected chi connectivity index (χ0v) is 14.2. The van der Waals surface area contributed by atoms with Crippen LogP contribution in [0.15, 0.2) is 43.0 Å². The summed E-state index contributed by atoms with van der Waals surface area (Å²) in [5.74, 6) is 1.09. The maximum atomic E-state index is 11.0. The molecule has 2 aromatic rings. The van der Waals surface area contributed by atoms with Gasteiger partial charge in [-0.2, -0.15) is 0 Å². The molecule has 2 aromatic carbocycles. The van der Waals surface area contributed by atoms with Crippen LogP contribution in [0.25, 0.3) is 0 Å². The number of methoxy groups -OCH3 is 1. The third-order valence-electron chi connectivity index (χ3n) is 3.24. The predicted octanol–water partition coefficient (Wildman–Crippen LogP) is 5.12. The number of halogens is 2. The molecule has 0 aromatic heterocycles. The summed E-state index contributed by atoms with van der Waals surface area (Å²) in [6, 6.07) is 8.72. The van der Waals surface area contributed by atoms with Crippen molar-refractivity contribution in [3.8, 4) is 11.5 Å². The fraction of sp³-hybridized carbons (Fsp3) is 0.167. The van der Waals surface area contributed by atoms with Crippen molar-refractivity contribution < 1.29 is 14.3 Å². The van der Waals surface area contributed by atoms with Crippen molar-refractivity contribution in [2.24, 2.45) is 0 Å². The fourth-order valence-electron chi connectivity index (χ4n) is 2.16. The minimum atomic E-state index is 0.303. The zero-order chi connectivity index (χ0) is 16.8. The smallest absolute Gasteiger partial charge is 0.165 e. The van der Waals surface area contributed by atoms with Crippen LogP contribution in [-0.2, 0) is 13.0 Å². The van der Waals surface area contributed by atoms with Gasteiger partial charge in [-0.3, -0.25) is 4.79 Å². The SMILES string of the molecule is C=CCc1cc(C=O)cc(OC)c1OCc1ccc(Cl)c(Cl)c1. The molecule has 0 aliphatic carbocycles. The number of carbonyl (C=O) groups is 1. The van der Waals surface area contributed by atoms with E-state index in [9.17, 15) is 4.79 Å². The van der Waals surface area contributed by atoms with Crippen LogP contribution in [0.4, 0.5) is 0 Å². The molecule has 0 aliphatic heterocycles. The Kier molecular flexibility index (Phi) is 6.08. The van der Waals surface area contributed by atoms with Crippen LogP contribution in [0.5, 0.6) is 11.5 Å². The molecule has 23 heavy (non-hydrogen) atoms. The lowest BCUT2D eigenvalue weighted by atomic mass is 10.1. The van der Waals surface area contributed by atoms with E-state index in [0.717, 1.165) is 17.4 Å². The number of allylic oxidation sites excluding steroid dienone is 1. The summed E-state index contributed by atoms with van der Waals surface area (Å²) in [7, 11) is 1.54. The summed E-state index contributed by atoms with van der Waals surface area (Å²) in [6.45, 7) is 4.03. The van der Waals surface area contributed by atoms with Crippen molar-refractivity contribution in [2.45, 2.75) is 13.0 Å². The highest BCUT2D eigenvalue weighted by molar-refractivity contribution is 6.42. The monoisotopic (exact) mass is 350 g/mol. The van der Waals surface area contributed by atoms with Crippen LogP contribution in [-0.4, -0.2) is 13.4 Å². The van der Waals surface area contributed by atoms with Crippen molar-refractivity contribution >= 4 is 29.5 Å². The van der Waals surface area contributed by atoms with E-state index >= 15 is 0 Å². The first-order chi connectivity index (χ1) is 11.1. The summed E-state index contributed by atoms with van der Waals surface area (Å²) >= 11 is 11.9. The number of rotatable bonds is 7. The van der Waals surface area contributed by atoms with Crippen LogP contribution in [0.2, 0.25) is 10.0 Å². The molecule has 0 amide bonds. The molecule has 0 saturated carbocycles. The number of aldehydes is 1. The first kappa shape index (κ1) is 17.4. The van der Waals surface area contributed by atoms with Gasteiger partial charge in [0, 0.05) is 11.1 Å². The van der Waals surface area contributed by atoms with Crippen LogP contribution >= 0.6 is 23.2 Å². The summed E-state index contributed by atoms with van der Waals surface area (Å²) in [4.78, 5) is 11.0. The Morgan fingerprint density at radius 3 is 2.57 bits per heavy atom. The Balaban J connectivity index is 2.31. The number of carbonyl (C=O) groups excluding carboxylic acids is 1. The number of benzene rings is 2. The van der Waals surface area contributed by atoms with Gasteiger partial charge in [0.05, 0.1) is 17.2 Å². The maximum absolute atomic E-state index is 11.0. The van der Waals surface area contributed by atoms with Gasteiger partial charge >= 0.3 is 0 Å². The highest BCUT2D eigenvalue weighted by Gasteiger charge is 2.13. The summed E-state index contributed by atoms with van der Waals surface area (Å²) in [6.07, 6.45) is 3.09. The predicted molar refractivity (Wildman–Crippen MR) is 93.1 cm³/mol. The molecule has 120 valence electrons. The first-order valence-corrected chi connectivity index (χ1v) is 7.68. The van der Waals surface area contributed by atoms with Crippen molar-refractivity contribution in [1.29, 1.82) is 0 Å². The average molecular weight is 351 g/mol. The highest BCUT2D eigenvalue weighted by Crippen LogP contribution is 2.34. The molecule has 0 radical (unpaired) electrons. The van der Waals surface area contributed by atoms with Crippen LogP contribution in [0.1, 0.15) is 21.5 Å². The Bertz CT molecular complexity index is 726.